The number of nitrogens with two attached hydrogens (primary N) is 1. The Kier molecular flexibility index (Phi) is 5.18. The zero-order chi connectivity index (χ0) is 14.4. The second-order valence-electron chi connectivity index (χ2n) is 6.12. The fraction of sp³-hybridized carbons (Fsp3) is 0.588. The molecule has 0 heterocycles. The maximum absolute atomic E-state index is 12.2. The van der Waals surface area contributed by atoms with Gasteiger partial charge in [0.15, 0.2) is 0 Å². The van der Waals surface area contributed by atoms with E-state index < -0.39 is 5.54 Å². The second-order valence-corrected chi connectivity index (χ2v) is 6.12. The van der Waals surface area contributed by atoms with Gasteiger partial charge in [0.1, 0.15) is 5.54 Å². The molecule has 3 nitrogen and oxygen atoms in total. The van der Waals surface area contributed by atoms with E-state index in [1.807, 2.05) is 30.3 Å². The Bertz CT molecular complexity index is 422. The molecule has 110 valence electrons. The first-order valence-corrected chi connectivity index (χ1v) is 7.73. The van der Waals surface area contributed by atoms with Crippen molar-refractivity contribution in [3.8, 4) is 0 Å². The molecule has 1 aromatic carbocycles. The third kappa shape index (κ3) is 3.83. The van der Waals surface area contributed by atoms with Crippen LogP contribution in [0.3, 0.4) is 0 Å². The fourth-order valence-electron chi connectivity index (χ4n) is 2.99. The molecule has 2 rings (SSSR count). The average Bonchev–Trinajstić information content (AvgIpc) is 2.97. The Labute approximate surface area is 121 Å². The number of nitrogens with one attached hydrogen (secondary N) is 1. The van der Waals surface area contributed by atoms with E-state index in [4.69, 9.17) is 5.73 Å². The Morgan fingerprint density at radius 2 is 1.95 bits per heavy atom. The Hall–Kier alpha value is -1.35. The molecule has 20 heavy (non-hydrogen) atoms. The molecule has 1 atom stereocenters. The first kappa shape index (κ1) is 15.0. The van der Waals surface area contributed by atoms with Crippen molar-refractivity contribution in [1.29, 1.82) is 0 Å². The van der Waals surface area contributed by atoms with E-state index in [-0.39, 0.29) is 5.91 Å². The molecular formula is C17H26N2O. The lowest BCUT2D eigenvalue weighted by Gasteiger charge is -2.24. The number of amides is 1. The van der Waals surface area contributed by atoms with Crippen LogP contribution >= 0.6 is 0 Å². The molecule has 0 saturated heterocycles. The topological polar surface area (TPSA) is 55.1 Å². The Morgan fingerprint density at radius 1 is 1.30 bits per heavy atom. The van der Waals surface area contributed by atoms with Gasteiger partial charge in [-0.2, -0.15) is 0 Å². The van der Waals surface area contributed by atoms with Crippen molar-refractivity contribution in [3.05, 3.63) is 35.9 Å². The number of hydrogen-bond acceptors (Lipinski definition) is 2. The molecule has 1 aromatic rings. The summed E-state index contributed by atoms with van der Waals surface area (Å²) in [5.74, 6) is 0.792. The molecule has 1 aliphatic rings. The summed E-state index contributed by atoms with van der Waals surface area (Å²) < 4.78 is 0. The maximum atomic E-state index is 12.2. The van der Waals surface area contributed by atoms with Crippen LogP contribution in [-0.4, -0.2) is 12.5 Å². The van der Waals surface area contributed by atoms with Gasteiger partial charge in [0.25, 0.3) is 0 Å². The Balaban J connectivity index is 1.76. The van der Waals surface area contributed by atoms with E-state index in [0.717, 1.165) is 24.4 Å². The highest BCUT2D eigenvalue weighted by molar-refractivity contribution is 5.86. The third-order valence-corrected chi connectivity index (χ3v) is 4.39. The van der Waals surface area contributed by atoms with Gasteiger partial charge >= 0.3 is 0 Å². The lowest BCUT2D eigenvalue weighted by atomic mass is 9.92. The van der Waals surface area contributed by atoms with Crippen molar-refractivity contribution < 1.29 is 4.79 Å². The summed E-state index contributed by atoms with van der Waals surface area (Å²) in [4.78, 5) is 12.2. The molecule has 1 fully saturated rings. The third-order valence-electron chi connectivity index (χ3n) is 4.39. The van der Waals surface area contributed by atoms with Gasteiger partial charge in [0.2, 0.25) is 5.91 Å². The quantitative estimate of drug-likeness (QED) is 0.784. The van der Waals surface area contributed by atoms with E-state index in [2.05, 4.69) is 5.32 Å². The lowest BCUT2D eigenvalue weighted by molar-refractivity contribution is -0.126. The largest absolute Gasteiger partial charge is 0.354 e. The van der Waals surface area contributed by atoms with Crippen molar-refractivity contribution in [2.75, 3.05) is 6.54 Å². The van der Waals surface area contributed by atoms with Crippen molar-refractivity contribution in [3.63, 3.8) is 0 Å². The van der Waals surface area contributed by atoms with Crippen LogP contribution in [0, 0.1) is 5.92 Å². The van der Waals surface area contributed by atoms with Gasteiger partial charge in [0.05, 0.1) is 0 Å². The molecule has 3 N–H and O–H groups in total. The SMILES string of the molecule is CC(N)(C(=O)NCCCC1CCCC1)c1ccccc1. The number of rotatable bonds is 6. The van der Waals surface area contributed by atoms with E-state index in [9.17, 15) is 4.79 Å². The van der Waals surface area contributed by atoms with E-state index in [1.165, 1.54) is 32.1 Å². The minimum Gasteiger partial charge on any atom is -0.354 e. The molecule has 0 spiro atoms. The van der Waals surface area contributed by atoms with Gasteiger partial charge in [0, 0.05) is 6.54 Å². The fourth-order valence-corrected chi connectivity index (χ4v) is 2.99. The summed E-state index contributed by atoms with van der Waals surface area (Å²) in [7, 11) is 0. The molecular weight excluding hydrogens is 248 g/mol. The highest BCUT2D eigenvalue weighted by Gasteiger charge is 2.29. The van der Waals surface area contributed by atoms with Gasteiger partial charge in [-0.25, -0.2) is 0 Å². The monoisotopic (exact) mass is 274 g/mol. The summed E-state index contributed by atoms with van der Waals surface area (Å²) in [5, 5.41) is 2.98. The Morgan fingerprint density at radius 3 is 2.60 bits per heavy atom. The molecule has 0 aromatic heterocycles. The van der Waals surface area contributed by atoms with Crippen LogP contribution in [0.2, 0.25) is 0 Å². The molecule has 0 bridgehead atoms. The van der Waals surface area contributed by atoms with E-state index in [0.29, 0.717) is 0 Å². The van der Waals surface area contributed by atoms with Crippen LogP contribution in [0.15, 0.2) is 30.3 Å². The van der Waals surface area contributed by atoms with E-state index in [1.54, 1.807) is 6.92 Å². The van der Waals surface area contributed by atoms with Crippen molar-refractivity contribution in [2.45, 2.75) is 51.0 Å². The minimum absolute atomic E-state index is 0.0879. The first-order chi connectivity index (χ1) is 9.60. The van der Waals surface area contributed by atoms with Crippen LogP contribution in [0.1, 0.15) is 51.0 Å². The van der Waals surface area contributed by atoms with Gasteiger partial charge in [-0.1, -0.05) is 56.0 Å². The predicted molar refractivity (Wildman–Crippen MR) is 82.2 cm³/mol. The molecule has 1 unspecified atom stereocenters. The van der Waals surface area contributed by atoms with Crippen molar-refractivity contribution in [1.82, 2.24) is 5.32 Å². The summed E-state index contributed by atoms with van der Waals surface area (Å²) >= 11 is 0. The maximum Gasteiger partial charge on any atom is 0.244 e. The summed E-state index contributed by atoms with van der Waals surface area (Å²) in [6.45, 7) is 2.50. The highest BCUT2D eigenvalue weighted by atomic mass is 16.2. The summed E-state index contributed by atoms with van der Waals surface area (Å²) in [5.41, 5.74) is 6.08. The summed E-state index contributed by atoms with van der Waals surface area (Å²) in [6, 6.07) is 9.55. The van der Waals surface area contributed by atoms with Gasteiger partial charge in [-0.15, -0.1) is 0 Å². The summed E-state index contributed by atoms with van der Waals surface area (Å²) in [6.07, 6.45) is 7.78. The number of hydrogen-bond donors (Lipinski definition) is 2. The first-order valence-electron chi connectivity index (χ1n) is 7.73. The second kappa shape index (κ2) is 6.89. The average molecular weight is 274 g/mol. The predicted octanol–water partition coefficient (Wildman–Crippen LogP) is 2.95. The molecule has 0 radical (unpaired) electrons. The number of carbonyl (C=O) groups excluding carboxylic acids is 1. The van der Waals surface area contributed by atoms with Gasteiger partial charge < -0.3 is 11.1 Å². The molecule has 1 aliphatic carbocycles. The minimum atomic E-state index is -0.950. The normalized spacial score (nSPS) is 18.7. The van der Waals surface area contributed by atoms with Crippen molar-refractivity contribution in [2.24, 2.45) is 11.7 Å². The van der Waals surface area contributed by atoms with Crippen LogP contribution in [0.25, 0.3) is 0 Å². The van der Waals surface area contributed by atoms with Crippen LogP contribution in [0.5, 0.6) is 0 Å². The van der Waals surface area contributed by atoms with Crippen LogP contribution < -0.4 is 11.1 Å². The van der Waals surface area contributed by atoms with Crippen LogP contribution in [0.4, 0.5) is 0 Å². The smallest absolute Gasteiger partial charge is 0.244 e. The lowest BCUT2D eigenvalue weighted by Crippen LogP contribution is -2.49. The highest BCUT2D eigenvalue weighted by Crippen LogP contribution is 2.28. The molecule has 1 amide bonds. The zero-order valence-electron chi connectivity index (χ0n) is 12.4. The standard InChI is InChI=1S/C17H26N2O/c1-17(18,15-11-3-2-4-12-15)16(20)19-13-7-10-14-8-5-6-9-14/h2-4,11-12,14H,5-10,13,18H2,1H3,(H,19,20). The number of carbonyl (C=O) groups is 1. The van der Waals surface area contributed by atoms with Crippen molar-refractivity contribution >= 4 is 5.91 Å². The molecule has 1 saturated carbocycles. The zero-order valence-corrected chi connectivity index (χ0v) is 12.4. The number of benzene rings is 1. The molecule has 3 heteroatoms. The van der Waals surface area contributed by atoms with Gasteiger partial charge in [-0.05, 0) is 31.2 Å². The van der Waals surface area contributed by atoms with E-state index >= 15 is 0 Å². The van der Waals surface area contributed by atoms with Gasteiger partial charge in [-0.3, -0.25) is 4.79 Å². The van der Waals surface area contributed by atoms with Crippen LogP contribution in [-0.2, 0) is 10.3 Å². The molecule has 0 aliphatic heterocycles.